The van der Waals surface area contributed by atoms with Gasteiger partial charge in [0.2, 0.25) is 0 Å². The van der Waals surface area contributed by atoms with E-state index >= 15 is 0 Å². The van der Waals surface area contributed by atoms with Crippen LogP contribution in [0, 0.1) is 0 Å². The Bertz CT molecular complexity index is 3190. The van der Waals surface area contributed by atoms with Crippen LogP contribution in [0.25, 0.3) is 66.1 Å². The predicted octanol–water partition coefficient (Wildman–Crippen LogP) is 10.8. The highest BCUT2D eigenvalue weighted by Gasteiger charge is 2.42. The van der Waals surface area contributed by atoms with Gasteiger partial charge in [-0.25, -0.2) is 0 Å². The Morgan fingerprint density at radius 2 is 0.776 bits per heavy atom. The molecule has 0 radical (unpaired) electrons. The van der Waals surface area contributed by atoms with Crippen molar-refractivity contribution in [1.29, 1.82) is 0 Å². The Kier molecular flexibility index (Phi) is 7.35. The van der Waals surface area contributed by atoms with Crippen LogP contribution in [0.2, 0.25) is 0 Å². The number of benzene rings is 9. The first-order chi connectivity index (χ1) is 28.8. The van der Waals surface area contributed by atoms with Crippen LogP contribution in [0.5, 0.6) is 0 Å². The number of fused-ring (bicyclic) bond motifs is 9. The van der Waals surface area contributed by atoms with Crippen LogP contribution in [-0.2, 0) is 6.42 Å². The van der Waals surface area contributed by atoms with Gasteiger partial charge in [-0.2, -0.15) is 0 Å². The zero-order valence-corrected chi connectivity index (χ0v) is 32.9. The van der Waals surface area contributed by atoms with Crippen LogP contribution in [-0.4, -0.2) is 17.2 Å². The molecule has 0 bridgehead atoms. The zero-order valence-electron chi connectivity index (χ0n) is 31.9. The lowest BCUT2D eigenvalue weighted by Crippen LogP contribution is -2.74. The molecule has 0 spiro atoms. The van der Waals surface area contributed by atoms with Gasteiger partial charge >= 0.3 is 0 Å². The van der Waals surface area contributed by atoms with E-state index in [-0.39, 0.29) is 0 Å². The second-order valence-corrected chi connectivity index (χ2v) is 19.5. The van der Waals surface area contributed by atoms with Crippen LogP contribution in [0.15, 0.2) is 218 Å². The van der Waals surface area contributed by atoms with Crippen LogP contribution < -0.4 is 20.7 Å². The monoisotopic (exact) mass is 754 g/mol. The smallest absolute Gasteiger partial charge is 0.179 e. The molecule has 0 N–H and O–H groups in total. The molecule has 1 aliphatic rings. The second kappa shape index (κ2) is 12.9. The summed E-state index contributed by atoms with van der Waals surface area (Å²) in [5.74, 6) is 0. The number of hydrogen-bond acceptors (Lipinski definition) is 0. The largest absolute Gasteiger partial charge is 0.309 e. The predicted molar refractivity (Wildman–Crippen MR) is 247 cm³/mol. The normalized spacial score (nSPS) is 12.4. The lowest BCUT2D eigenvalue weighted by Gasteiger charge is -2.34. The van der Waals surface area contributed by atoms with Crippen molar-refractivity contribution in [3.05, 3.63) is 230 Å². The fourth-order valence-corrected chi connectivity index (χ4v) is 14.9. The standard InChI is InChI=1S/C55H38N2Si/c1-5-17-40(18-6-1)56-54-32-30-41(57-52-27-15-13-25-46(52)47-26-14-16-28-53(47)57)35-50(54)51-37-49-39(34-55(51)56)33-38-29-31-45(36-48(38)49)58(42-19-7-2-8-20-42,43-21-9-3-10-22-43)44-23-11-4-12-24-44/h1-32,34-37H,33H2. The summed E-state index contributed by atoms with van der Waals surface area (Å²) in [6.07, 6.45) is 0.917. The molecule has 58 heavy (non-hydrogen) atoms. The third-order valence-corrected chi connectivity index (χ3v) is 17.4. The lowest BCUT2D eigenvalue weighted by atomic mass is 10.0. The maximum Gasteiger partial charge on any atom is 0.179 e. The molecular weight excluding hydrogens is 717 g/mol. The van der Waals surface area contributed by atoms with E-state index in [1.807, 2.05) is 0 Å². The summed E-state index contributed by atoms with van der Waals surface area (Å²) in [6, 6.07) is 81.7. The molecule has 12 rings (SSSR count). The Balaban J connectivity index is 1.12. The quantitative estimate of drug-likeness (QED) is 0.118. The minimum Gasteiger partial charge on any atom is -0.309 e. The maximum absolute atomic E-state index is 2.69. The third-order valence-electron chi connectivity index (χ3n) is 12.7. The van der Waals surface area contributed by atoms with Crippen molar-refractivity contribution in [2.45, 2.75) is 6.42 Å². The molecule has 0 fully saturated rings. The molecule has 2 heterocycles. The summed E-state index contributed by atoms with van der Waals surface area (Å²) in [5, 5.41) is 10.7. The van der Waals surface area contributed by atoms with Crippen molar-refractivity contribution in [2.24, 2.45) is 0 Å². The Hall–Kier alpha value is -7.20. The average molecular weight is 755 g/mol. The fraction of sp³-hybridized carbons (Fsp3) is 0.0182. The average Bonchev–Trinajstić information content (AvgIpc) is 3.94. The van der Waals surface area contributed by atoms with E-state index in [1.54, 1.807) is 0 Å². The fourth-order valence-electron chi connectivity index (χ4n) is 10.2. The molecule has 0 aliphatic heterocycles. The Labute approximate surface area is 338 Å². The summed E-state index contributed by atoms with van der Waals surface area (Å²) in [5.41, 5.74) is 12.7. The van der Waals surface area contributed by atoms with E-state index in [2.05, 4.69) is 228 Å². The van der Waals surface area contributed by atoms with Gasteiger partial charge in [0, 0.05) is 32.9 Å². The minimum absolute atomic E-state index is 0.917. The van der Waals surface area contributed by atoms with Crippen LogP contribution in [0.3, 0.4) is 0 Å². The molecule has 272 valence electrons. The van der Waals surface area contributed by atoms with Gasteiger partial charge in [0.15, 0.2) is 8.07 Å². The molecule has 3 heteroatoms. The maximum atomic E-state index is 2.56. The van der Waals surface area contributed by atoms with E-state index in [9.17, 15) is 0 Å². The van der Waals surface area contributed by atoms with Gasteiger partial charge in [0.05, 0.1) is 22.1 Å². The van der Waals surface area contributed by atoms with Crippen LogP contribution >= 0.6 is 0 Å². The first-order valence-corrected chi connectivity index (χ1v) is 22.2. The van der Waals surface area contributed by atoms with E-state index in [1.165, 1.54) is 98.0 Å². The summed E-state index contributed by atoms with van der Waals surface area (Å²) >= 11 is 0. The summed E-state index contributed by atoms with van der Waals surface area (Å²) in [4.78, 5) is 0. The molecule has 11 aromatic rings. The number of nitrogens with zero attached hydrogens (tertiary/aromatic N) is 2. The minimum atomic E-state index is -2.69. The van der Waals surface area contributed by atoms with Crippen molar-refractivity contribution in [3.8, 4) is 22.5 Å². The van der Waals surface area contributed by atoms with E-state index < -0.39 is 8.07 Å². The molecule has 0 saturated heterocycles. The topological polar surface area (TPSA) is 9.86 Å². The van der Waals surface area contributed by atoms with Gasteiger partial charge < -0.3 is 9.13 Å². The number of para-hydroxylation sites is 3. The van der Waals surface area contributed by atoms with Crippen molar-refractivity contribution >= 4 is 72.4 Å². The summed E-state index contributed by atoms with van der Waals surface area (Å²) in [6.45, 7) is 0. The molecule has 0 saturated carbocycles. The summed E-state index contributed by atoms with van der Waals surface area (Å²) in [7, 11) is -2.69. The summed E-state index contributed by atoms with van der Waals surface area (Å²) < 4.78 is 4.90. The molecule has 0 amide bonds. The van der Waals surface area contributed by atoms with Crippen molar-refractivity contribution in [1.82, 2.24) is 9.13 Å². The Morgan fingerprint density at radius 3 is 1.38 bits per heavy atom. The second-order valence-electron chi connectivity index (χ2n) is 15.7. The first-order valence-electron chi connectivity index (χ1n) is 20.2. The van der Waals surface area contributed by atoms with E-state index in [0.29, 0.717) is 0 Å². The highest BCUT2D eigenvalue weighted by atomic mass is 28.3. The van der Waals surface area contributed by atoms with E-state index in [4.69, 9.17) is 0 Å². The molecule has 0 atom stereocenters. The number of rotatable bonds is 6. The molecule has 2 aromatic heterocycles. The highest BCUT2D eigenvalue weighted by molar-refractivity contribution is 7.19. The molecule has 2 nitrogen and oxygen atoms in total. The first kappa shape index (κ1) is 33.0. The van der Waals surface area contributed by atoms with Gasteiger partial charge in [-0.15, -0.1) is 0 Å². The third kappa shape index (κ3) is 4.77. The van der Waals surface area contributed by atoms with Gasteiger partial charge in [0.25, 0.3) is 0 Å². The van der Waals surface area contributed by atoms with Gasteiger partial charge in [-0.3, -0.25) is 0 Å². The molecule has 9 aromatic carbocycles. The molecule has 0 unspecified atom stereocenters. The van der Waals surface area contributed by atoms with Crippen LogP contribution in [0.1, 0.15) is 11.1 Å². The van der Waals surface area contributed by atoms with Crippen molar-refractivity contribution < 1.29 is 0 Å². The number of aromatic nitrogens is 2. The van der Waals surface area contributed by atoms with Crippen molar-refractivity contribution in [2.75, 3.05) is 0 Å². The number of hydrogen-bond donors (Lipinski definition) is 0. The zero-order chi connectivity index (χ0) is 38.2. The van der Waals surface area contributed by atoms with Crippen molar-refractivity contribution in [3.63, 3.8) is 0 Å². The molecule has 1 aliphatic carbocycles. The lowest BCUT2D eigenvalue weighted by molar-refractivity contribution is 1.16. The van der Waals surface area contributed by atoms with Gasteiger partial charge in [-0.05, 0) is 104 Å². The van der Waals surface area contributed by atoms with E-state index in [0.717, 1.165) is 6.42 Å². The van der Waals surface area contributed by atoms with Crippen LogP contribution in [0.4, 0.5) is 0 Å². The Morgan fingerprint density at radius 1 is 0.293 bits per heavy atom. The highest BCUT2D eigenvalue weighted by Crippen LogP contribution is 2.43. The molecular formula is C55H38N2Si. The van der Waals surface area contributed by atoms with Gasteiger partial charge in [0.1, 0.15) is 0 Å². The SMILES string of the molecule is c1ccc(-n2c3ccc(-n4c5ccccc5c5ccccc54)cc3c3cc4c(cc32)Cc2ccc([Si](c3ccccc3)(c3ccccc3)c3ccccc3)cc2-4)cc1. The van der Waals surface area contributed by atoms with Gasteiger partial charge in [-0.1, -0.05) is 164 Å².